The van der Waals surface area contributed by atoms with E-state index in [0.717, 1.165) is 31.4 Å². The predicted octanol–water partition coefficient (Wildman–Crippen LogP) is 9.56. The van der Waals surface area contributed by atoms with Crippen molar-refractivity contribution in [3.8, 4) is 11.1 Å². The van der Waals surface area contributed by atoms with Crippen molar-refractivity contribution in [3.63, 3.8) is 0 Å². The Morgan fingerprint density at radius 1 is 0.975 bits per heavy atom. The van der Waals surface area contributed by atoms with E-state index in [4.69, 9.17) is 9.47 Å². The first-order chi connectivity index (χ1) is 18.7. The Balaban J connectivity index is 1.74. The van der Waals surface area contributed by atoms with Gasteiger partial charge in [0.15, 0.2) is 0 Å². The van der Waals surface area contributed by atoms with Crippen LogP contribution in [0.5, 0.6) is 0 Å². The average Bonchev–Trinajstić information content (AvgIpc) is 3.24. The minimum atomic E-state index is -0.361. The zero-order valence-corrected chi connectivity index (χ0v) is 26.9. The zero-order chi connectivity index (χ0) is 29.2. The van der Waals surface area contributed by atoms with Crippen molar-refractivity contribution in [3.05, 3.63) is 76.1 Å². The average molecular weight is 542 g/mol. The molecule has 1 unspecified atom stereocenters. The number of fused-ring (bicyclic) bond motifs is 4. The number of likely N-dealkylation sites (N-methyl/N-ethyl adjacent to an activating group) is 1. The molecule has 1 aliphatic carbocycles. The van der Waals surface area contributed by atoms with Crippen molar-refractivity contribution in [2.75, 3.05) is 11.9 Å². The fourth-order valence-corrected chi connectivity index (χ4v) is 7.40. The molecule has 0 saturated heterocycles. The first kappa shape index (κ1) is 29.0. The zero-order valence-electron chi connectivity index (χ0n) is 26.9. The molecule has 0 N–H and O–H groups in total. The lowest BCUT2D eigenvalue weighted by Crippen LogP contribution is -2.57. The molecule has 3 nitrogen and oxygen atoms in total. The van der Waals surface area contributed by atoms with Gasteiger partial charge in [0.05, 0.1) is 11.5 Å². The lowest BCUT2D eigenvalue weighted by atomic mass is 9.70. The number of anilines is 1. The van der Waals surface area contributed by atoms with E-state index < -0.39 is 0 Å². The van der Waals surface area contributed by atoms with E-state index in [2.05, 4.69) is 124 Å². The summed E-state index contributed by atoms with van der Waals surface area (Å²) >= 11 is 0. The summed E-state index contributed by atoms with van der Waals surface area (Å²) in [5.74, 6) is 1.06. The van der Waals surface area contributed by atoms with E-state index in [1.54, 1.807) is 5.57 Å². The smallest absolute Gasteiger partial charge is 0.211 e. The highest BCUT2D eigenvalue weighted by Gasteiger charge is 2.56. The number of aryl methyl sites for hydroxylation is 2. The van der Waals surface area contributed by atoms with Crippen molar-refractivity contribution in [2.24, 2.45) is 16.2 Å². The molecule has 2 aromatic carbocycles. The second-order valence-electron chi connectivity index (χ2n) is 14.8. The summed E-state index contributed by atoms with van der Waals surface area (Å²) in [6.07, 6.45) is 6.02. The number of nitrogens with zero attached hydrogens (tertiary/aromatic N) is 1. The predicted molar refractivity (Wildman–Crippen MR) is 169 cm³/mol. The van der Waals surface area contributed by atoms with Gasteiger partial charge in [-0.2, -0.15) is 0 Å². The van der Waals surface area contributed by atoms with Crippen LogP contribution in [0, 0.1) is 30.1 Å². The molecule has 0 fully saturated rings. The third-order valence-electron chi connectivity index (χ3n) is 9.94. The van der Waals surface area contributed by atoms with Crippen LogP contribution >= 0.6 is 0 Å². The molecule has 3 heterocycles. The van der Waals surface area contributed by atoms with E-state index in [0.29, 0.717) is 0 Å². The third-order valence-corrected chi connectivity index (χ3v) is 9.94. The van der Waals surface area contributed by atoms with Gasteiger partial charge in [-0.05, 0) is 92.3 Å². The second-order valence-corrected chi connectivity index (χ2v) is 14.8. The van der Waals surface area contributed by atoms with Crippen LogP contribution in [0.3, 0.4) is 0 Å². The molecule has 3 aliphatic heterocycles. The number of ether oxygens (including phenoxy) is 2. The molecule has 6 rings (SSSR count). The quantitative estimate of drug-likeness (QED) is 0.361. The van der Waals surface area contributed by atoms with Crippen LogP contribution in [-0.4, -0.2) is 25.5 Å². The largest absolute Gasteiger partial charge is 0.468 e. The highest BCUT2D eigenvalue weighted by atomic mass is 16.7. The van der Waals surface area contributed by atoms with Gasteiger partial charge in [-0.3, -0.25) is 0 Å². The molecular weight excluding hydrogens is 490 g/mol. The van der Waals surface area contributed by atoms with Crippen molar-refractivity contribution in [1.29, 1.82) is 0 Å². The third kappa shape index (κ3) is 4.83. The number of hydrogen-bond donors (Lipinski definition) is 0. The van der Waals surface area contributed by atoms with Crippen LogP contribution in [0.4, 0.5) is 5.69 Å². The molecule has 4 aliphatic rings. The van der Waals surface area contributed by atoms with Crippen LogP contribution in [0.2, 0.25) is 0 Å². The molecule has 2 bridgehead atoms. The van der Waals surface area contributed by atoms with E-state index in [1.807, 2.05) is 0 Å². The van der Waals surface area contributed by atoms with Crippen LogP contribution < -0.4 is 4.90 Å². The van der Waals surface area contributed by atoms with Crippen LogP contribution in [0.25, 0.3) is 11.1 Å². The van der Waals surface area contributed by atoms with E-state index in [9.17, 15) is 0 Å². The molecule has 216 valence electrons. The SMILES string of the molecule is CCC1=C(C)[C@@]([C@H]2OC(C(C)(C)C)=CC(C(C)(C)C)O2)([C@@H]2Cc3cc(C)ccc3-c3ccc(c(C)c3)N2C)CC1. The maximum absolute atomic E-state index is 7.14. The van der Waals surface area contributed by atoms with Crippen molar-refractivity contribution in [1.82, 2.24) is 0 Å². The minimum absolute atomic E-state index is 0.0207. The molecule has 3 heteroatoms. The lowest BCUT2D eigenvalue weighted by molar-refractivity contribution is -0.235. The molecule has 4 atom stereocenters. The lowest BCUT2D eigenvalue weighted by Gasteiger charge is -2.52. The molecule has 40 heavy (non-hydrogen) atoms. The van der Waals surface area contributed by atoms with E-state index in [1.165, 1.54) is 39.1 Å². The summed E-state index contributed by atoms with van der Waals surface area (Å²) in [5.41, 5.74) is 10.6. The van der Waals surface area contributed by atoms with Crippen molar-refractivity contribution < 1.29 is 9.47 Å². The first-order valence-corrected chi connectivity index (χ1v) is 15.3. The van der Waals surface area contributed by atoms with Crippen molar-refractivity contribution >= 4 is 5.69 Å². The number of rotatable bonds is 3. The second kappa shape index (κ2) is 10.1. The Kier molecular flexibility index (Phi) is 7.31. The van der Waals surface area contributed by atoms with Crippen LogP contribution in [0.15, 0.2) is 59.4 Å². The summed E-state index contributed by atoms with van der Waals surface area (Å²) in [6.45, 7) is 22.8. The normalized spacial score (nSPS) is 27.1. The Labute approximate surface area is 243 Å². The fourth-order valence-electron chi connectivity index (χ4n) is 7.40. The van der Waals surface area contributed by atoms with Gasteiger partial charge in [0.25, 0.3) is 0 Å². The van der Waals surface area contributed by atoms with Gasteiger partial charge in [-0.15, -0.1) is 0 Å². The van der Waals surface area contributed by atoms with Gasteiger partial charge in [0.1, 0.15) is 5.76 Å². The Hall–Kier alpha value is -2.52. The van der Waals surface area contributed by atoms with Gasteiger partial charge < -0.3 is 14.4 Å². The monoisotopic (exact) mass is 541 g/mol. The van der Waals surface area contributed by atoms with Gasteiger partial charge >= 0.3 is 0 Å². The Bertz CT molecular complexity index is 1350. The highest BCUT2D eigenvalue weighted by Crippen LogP contribution is 2.56. The fraction of sp³-hybridized carbons (Fsp3) is 0.568. The Morgan fingerprint density at radius 3 is 2.30 bits per heavy atom. The molecule has 0 aromatic heterocycles. The highest BCUT2D eigenvalue weighted by molar-refractivity contribution is 5.73. The summed E-state index contributed by atoms with van der Waals surface area (Å²) in [4.78, 5) is 2.56. The summed E-state index contributed by atoms with van der Waals surface area (Å²) in [5, 5.41) is 0. The van der Waals surface area contributed by atoms with Crippen LogP contribution in [-0.2, 0) is 15.9 Å². The minimum Gasteiger partial charge on any atom is -0.468 e. The van der Waals surface area contributed by atoms with Gasteiger partial charge in [-0.1, -0.05) is 89.4 Å². The first-order valence-electron chi connectivity index (χ1n) is 15.3. The van der Waals surface area contributed by atoms with Gasteiger partial charge in [0.2, 0.25) is 6.29 Å². The topological polar surface area (TPSA) is 21.7 Å². The maximum atomic E-state index is 7.14. The maximum Gasteiger partial charge on any atom is 0.211 e. The number of allylic oxidation sites excluding steroid dienone is 2. The van der Waals surface area contributed by atoms with Gasteiger partial charge in [0, 0.05) is 24.2 Å². The number of benzene rings is 2. The van der Waals surface area contributed by atoms with Gasteiger partial charge in [-0.25, -0.2) is 0 Å². The molecule has 0 spiro atoms. The summed E-state index contributed by atoms with van der Waals surface area (Å²) < 4.78 is 14.2. The van der Waals surface area contributed by atoms with E-state index >= 15 is 0 Å². The molecule has 0 saturated carbocycles. The molecular formula is C37H51NO2. The van der Waals surface area contributed by atoms with Crippen molar-refractivity contribution in [2.45, 2.75) is 113 Å². The summed E-state index contributed by atoms with van der Waals surface area (Å²) in [7, 11) is 2.30. The molecule has 0 amide bonds. The number of hydrogen-bond acceptors (Lipinski definition) is 3. The molecule has 2 aromatic rings. The standard InChI is InChI=1S/C37H51NO2/c1-12-26-17-18-37(25(26)4,34-39-32(35(5,6)7)22-33(40-34)36(8,9)10)31-21-28-19-23(2)13-15-29(28)27-14-16-30(38(31)11)24(3)20-27/h13-16,19-20,22,31-32,34H,12,17-18,21H2,1-11H3/t31-,32?,34+,37+/m0/s1. The summed E-state index contributed by atoms with van der Waals surface area (Å²) in [6, 6.07) is 14.2. The molecule has 0 radical (unpaired) electrons. The Morgan fingerprint density at radius 2 is 1.70 bits per heavy atom. The van der Waals surface area contributed by atoms with E-state index in [-0.39, 0.29) is 34.7 Å². The van der Waals surface area contributed by atoms with Crippen LogP contribution in [0.1, 0.15) is 91.3 Å².